The van der Waals surface area contributed by atoms with Crippen molar-refractivity contribution in [2.45, 2.75) is 19.4 Å². The Kier molecular flexibility index (Phi) is 3.79. The van der Waals surface area contributed by atoms with Crippen LogP contribution in [0.1, 0.15) is 24.3 Å². The first-order valence-electron chi connectivity index (χ1n) is 6.59. The summed E-state index contributed by atoms with van der Waals surface area (Å²) in [5.41, 5.74) is 0.670. The zero-order valence-corrected chi connectivity index (χ0v) is 12.1. The van der Waals surface area contributed by atoms with Crippen molar-refractivity contribution in [2.75, 3.05) is 5.32 Å². The second-order valence-electron chi connectivity index (χ2n) is 4.63. The summed E-state index contributed by atoms with van der Waals surface area (Å²) in [5, 5.41) is 5.30. The lowest BCUT2D eigenvalue weighted by Gasteiger charge is -2.16. The van der Waals surface area contributed by atoms with Crippen molar-refractivity contribution in [1.29, 1.82) is 0 Å². The summed E-state index contributed by atoms with van der Waals surface area (Å²) in [6.45, 7) is 2.07. The van der Waals surface area contributed by atoms with Gasteiger partial charge in [0, 0.05) is 17.0 Å². The number of hydrogen-bond acceptors (Lipinski definition) is 4. The Labute approximate surface area is 124 Å². The molecule has 21 heavy (non-hydrogen) atoms. The summed E-state index contributed by atoms with van der Waals surface area (Å²) in [6.07, 6.45) is 2.42. The topological polar surface area (TPSA) is 37.8 Å². The van der Waals surface area contributed by atoms with E-state index in [0.29, 0.717) is 16.9 Å². The molecule has 0 aliphatic heterocycles. The van der Waals surface area contributed by atoms with Crippen molar-refractivity contribution in [2.24, 2.45) is 0 Å². The first-order chi connectivity index (χ1) is 10.2. The molecular weight excluding hydrogens is 292 g/mol. The number of nitrogens with one attached hydrogen (secondary N) is 1. The highest BCUT2D eigenvalue weighted by atomic mass is 32.1. The number of halogens is 2. The number of thiophene rings is 1. The molecule has 3 rings (SSSR count). The quantitative estimate of drug-likeness (QED) is 0.769. The van der Waals surface area contributed by atoms with E-state index >= 15 is 0 Å². The third-order valence-corrected chi connectivity index (χ3v) is 4.19. The van der Waals surface area contributed by atoms with Crippen molar-refractivity contribution in [3.05, 3.63) is 52.4 Å². The molecule has 0 aliphatic rings. The first-order valence-corrected chi connectivity index (χ1v) is 7.47. The second-order valence-corrected chi connectivity index (χ2v) is 5.61. The minimum atomic E-state index is -0.917. The molecule has 2 heterocycles. The number of nitrogens with zero attached hydrogens (tertiary/aromatic N) is 2. The first kappa shape index (κ1) is 13.9. The van der Waals surface area contributed by atoms with Crippen molar-refractivity contribution in [3.63, 3.8) is 0 Å². The van der Waals surface area contributed by atoms with E-state index in [4.69, 9.17) is 0 Å². The van der Waals surface area contributed by atoms with E-state index in [-0.39, 0.29) is 6.04 Å². The molecule has 0 amide bonds. The number of rotatable bonds is 4. The molecule has 0 spiro atoms. The highest BCUT2D eigenvalue weighted by Crippen LogP contribution is 2.26. The Bertz CT molecular complexity index is 759. The lowest BCUT2D eigenvalue weighted by Crippen LogP contribution is -2.09. The molecule has 3 aromatic rings. The molecule has 0 radical (unpaired) electrons. The van der Waals surface area contributed by atoms with Crippen LogP contribution >= 0.6 is 11.3 Å². The summed E-state index contributed by atoms with van der Waals surface area (Å²) in [5.74, 6) is -1.28. The minimum Gasteiger partial charge on any atom is -0.361 e. The van der Waals surface area contributed by atoms with Gasteiger partial charge in [-0.05, 0) is 17.9 Å². The van der Waals surface area contributed by atoms with E-state index < -0.39 is 11.6 Å². The highest BCUT2D eigenvalue weighted by Gasteiger charge is 2.12. The van der Waals surface area contributed by atoms with Crippen LogP contribution in [-0.4, -0.2) is 9.97 Å². The molecule has 0 saturated heterocycles. The SMILES string of the molecule is CCC(Nc1cnc2cc(F)c(F)cc2n1)c1cccs1. The number of aromatic nitrogens is 2. The third kappa shape index (κ3) is 2.85. The molecule has 2 aromatic heterocycles. The van der Waals surface area contributed by atoms with Crippen LogP contribution in [0.15, 0.2) is 35.8 Å². The Hall–Kier alpha value is -2.08. The van der Waals surface area contributed by atoms with Crippen LogP contribution in [0.5, 0.6) is 0 Å². The second kappa shape index (κ2) is 5.73. The lowest BCUT2D eigenvalue weighted by atomic mass is 10.2. The van der Waals surface area contributed by atoms with Gasteiger partial charge in [-0.1, -0.05) is 13.0 Å². The fourth-order valence-electron chi connectivity index (χ4n) is 2.12. The van der Waals surface area contributed by atoms with Crippen LogP contribution in [0.3, 0.4) is 0 Å². The molecule has 108 valence electrons. The molecule has 0 aliphatic carbocycles. The monoisotopic (exact) mass is 305 g/mol. The maximum absolute atomic E-state index is 13.3. The van der Waals surface area contributed by atoms with Gasteiger partial charge in [0.15, 0.2) is 11.6 Å². The van der Waals surface area contributed by atoms with Crippen LogP contribution in [0.4, 0.5) is 14.6 Å². The number of hydrogen-bond donors (Lipinski definition) is 1. The van der Waals surface area contributed by atoms with Crippen LogP contribution < -0.4 is 5.32 Å². The normalized spacial score (nSPS) is 12.5. The van der Waals surface area contributed by atoms with Crippen molar-refractivity contribution < 1.29 is 8.78 Å². The van der Waals surface area contributed by atoms with E-state index in [1.807, 2.05) is 11.4 Å². The zero-order chi connectivity index (χ0) is 14.8. The number of anilines is 1. The predicted molar refractivity (Wildman–Crippen MR) is 80.4 cm³/mol. The smallest absolute Gasteiger partial charge is 0.161 e. The summed E-state index contributed by atoms with van der Waals surface area (Å²) in [6, 6.07) is 6.29. The third-order valence-electron chi connectivity index (χ3n) is 3.20. The molecule has 6 heteroatoms. The minimum absolute atomic E-state index is 0.127. The summed E-state index contributed by atoms with van der Waals surface area (Å²) >= 11 is 1.66. The molecular formula is C15H13F2N3S. The Morgan fingerprint density at radius 1 is 1.24 bits per heavy atom. The standard InChI is InChI=1S/C15H13F2N3S/c1-2-11(14-4-3-5-21-14)19-15-8-18-12-6-9(16)10(17)7-13(12)20-15/h3-8,11H,2H2,1H3,(H,19,20). The fraction of sp³-hybridized carbons (Fsp3) is 0.200. The molecule has 0 fully saturated rings. The van der Waals surface area contributed by atoms with Crippen molar-refractivity contribution in [1.82, 2.24) is 9.97 Å². The maximum Gasteiger partial charge on any atom is 0.161 e. The van der Waals surface area contributed by atoms with E-state index in [1.54, 1.807) is 11.3 Å². The van der Waals surface area contributed by atoms with Gasteiger partial charge in [0.2, 0.25) is 0 Å². The van der Waals surface area contributed by atoms with Crippen molar-refractivity contribution >= 4 is 28.2 Å². The molecule has 1 aromatic carbocycles. The molecule has 1 atom stereocenters. The van der Waals surface area contributed by atoms with Gasteiger partial charge in [-0.2, -0.15) is 0 Å². The van der Waals surface area contributed by atoms with Crippen LogP contribution in [-0.2, 0) is 0 Å². The van der Waals surface area contributed by atoms with Crippen LogP contribution in [0.2, 0.25) is 0 Å². The van der Waals surface area contributed by atoms with Gasteiger partial charge in [0.25, 0.3) is 0 Å². The molecule has 3 nitrogen and oxygen atoms in total. The van der Waals surface area contributed by atoms with Gasteiger partial charge >= 0.3 is 0 Å². The molecule has 0 bridgehead atoms. The van der Waals surface area contributed by atoms with Gasteiger partial charge in [-0.25, -0.2) is 13.8 Å². The van der Waals surface area contributed by atoms with Gasteiger partial charge < -0.3 is 5.32 Å². The van der Waals surface area contributed by atoms with E-state index in [0.717, 1.165) is 18.6 Å². The number of fused-ring (bicyclic) bond motifs is 1. The molecule has 1 N–H and O–H groups in total. The molecule has 0 saturated carbocycles. The van der Waals surface area contributed by atoms with Crippen molar-refractivity contribution in [3.8, 4) is 0 Å². The van der Waals surface area contributed by atoms with Gasteiger partial charge in [0.05, 0.1) is 23.3 Å². The largest absolute Gasteiger partial charge is 0.361 e. The Morgan fingerprint density at radius 2 is 2.00 bits per heavy atom. The highest BCUT2D eigenvalue weighted by molar-refractivity contribution is 7.10. The average Bonchev–Trinajstić information content (AvgIpc) is 3.00. The van der Waals surface area contributed by atoms with Crippen LogP contribution in [0.25, 0.3) is 11.0 Å². The van der Waals surface area contributed by atoms with Gasteiger partial charge in [-0.15, -0.1) is 11.3 Å². The average molecular weight is 305 g/mol. The Morgan fingerprint density at radius 3 is 2.67 bits per heavy atom. The maximum atomic E-state index is 13.3. The summed E-state index contributed by atoms with van der Waals surface area (Å²) in [4.78, 5) is 9.62. The summed E-state index contributed by atoms with van der Waals surface area (Å²) < 4.78 is 26.4. The van der Waals surface area contributed by atoms with Gasteiger partial charge in [0.1, 0.15) is 5.82 Å². The van der Waals surface area contributed by atoms with E-state index in [1.165, 1.54) is 11.1 Å². The van der Waals surface area contributed by atoms with E-state index in [9.17, 15) is 8.78 Å². The number of benzene rings is 1. The zero-order valence-electron chi connectivity index (χ0n) is 11.3. The van der Waals surface area contributed by atoms with Crippen LogP contribution in [0, 0.1) is 11.6 Å². The molecule has 1 unspecified atom stereocenters. The Balaban J connectivity index is 1.92. The fourth-order valence-corrected chi connectivity index (χ4v) is 2.98. The summed E-state index contributed by atoms with van der Waals surface area (Å²) in [7, 11) is 0. The predicted octanol–water partition coefficient (Wildman–Crippen LogP) is 4.53. The van der Waals surface area contributed by atoms with Gasteiger partial charge in [-0.3, -0.25) is 4.98 Å². The van der Waals surface area contributed by atoms with E-state index in [2.05, 4.69) is 28.3 Å². The lowest BCUT2D eigenvalue weighted by molar-refractivity contribution is 0.510.